The standard InChI is InChI=1S/C7H15N3/c1-5(2)7(9)6(8)4-10-3/h4-5H,8-9H2,1-3H3/b7-6+,10-4?. The summed E-state index contributed by atoms with van der Waals surface area (Å²) in [5, 5.41) is 0. The maximum Gasteiger partial charge on any atom is 0.0688 e. The Hall–Kier alpha value is -0.990. The molecule has 0 saturated heterocycles. The molecule has 0 unspecified atom stereocenters. The topological polar surface area (TPSA) is 64.4 Å². The van der Waals surface area contributed by atoms with Crippen LogP contribution in [-0.2, 0) is 0 Å². The molecular weight excluding hydrogens is 126 g/mol. The maximum atomic E-state index is 5.61. The molecule has 0 aliphatic heterocycles. The summed E-state index contributed by atoms with van der Waals surface area (Å²) in [5.41, 5.74) is 12.4. The van der Waals surface area contributed by atoms with Crippen LogP contribution < -0.4 is 11.5 Å². The van der Waals surface area contributed by atoms with Crippen molar-refractivity contribution in [3.63, 3.8) is 0 Å². The quantitative estimate of drug-likeness (QED) is 0.549. The molecular formula is C7H15N3. The SMILES string of the molecule is CN=C/C(N)=C(\N)C(C)C. The molecule has 3 heteroatoms. The lowest BCUT2D eigenvalue weighted by Gasteiger charge is -2.05. The average molecular weight is 141 g/mol. The minimum absolute atomic E-state index is 0.290. The highest BCUT2D eigenvalue weighted by atomic mass is 14.7. The molecule has 0 aromatic heterocycles. The summed E-state index contributed by atoms with van der Waals surface area (Å²) in [6, 6.07) is 0. The minimum atomic E-state index is 0.290. The Bertz CT molecular complexity index is 156. The summed E-state index contributed by atoms with van der Waals surface area (Å²) in [6.07, 6.45) is 1.56. The van der Waals surface area contributed by atoms with Crippen molar-refractivity contribution in [2.75, 3.05) is 7.05 Å². The summed E-state index contributed by atoms with van der Waals surface area (Å²) in [4.78, 5) is 3.75. The van der Waals surface area contributed by atoms with Crippen LogP contribution in [0.3, 0.4) is 0 Å². The van der Waals surface area contributed by atoms with Gasteiger partial charge >= 0.3 is 0 Å². The predicted molar refractivity (Wildman–Crippen MR) is 44.7 cm³/mol. The Morgan fingerprint density at radius 3 is 2.20 bits per heavy atom. The zero-order valence-electron chi connectivity index (χ0n) is 6.76. The number of aliphatic imine (C=N–C) groups is 1. The van der Waals surface area contributed by atoms with Gasteiger partial charge in [0, 0.05) is 19.0 Å². The summed E-state index contributed by atoms with van der Waals surface area (Å²) >= 11 is 0. The molecule has 0 atom stereocenters. The van der Waals surface area contributed by atoms with Crippen LogP contribution in [0.4, 0.5) is 0 Å². The Morgan fingerprint density at radius 1 is 1.40 bits per heavy atom. The second-order valence-corrected chi connectivity index (χ2v) is 2.45. The number of hydrogen-bond acceptors (Lipinski definition) is 3. The van der Waals surface area contributed by atoms with Gasteiger partial charge in [0.1, 0.15) is 0 Å². The highest BCUT2D eigenvalue weighted by Gasteiger charge is 1.99. The molecule has 0 rings (SSSR count). The number of nitrogens with two attached hydrogens (primary N) is 2. The van der Waals surface area contributed by atoms with Crippen LogP contribution in [0.5, 0.6) is 0 Å². The van der Waals surface area contributed by atoms with E-state index in [4.69, 9.17) is 11.5 Å². The van der Waals surface area contributed by atoms with Crippen molar-refractivity contribution in [1.82, 2.24) is 0 Å². The van der Waals surface area contributed by atoms with Gasteiger partial charge in [0.05, 0.1) is 5.70 Å². The molecule has 0 radical (unpaired) electrons. The molecule has 0 aliphatic rings. The second-order valence-electron chi connectivity index (χ2n) is 2.45. The van der Waals surface area contributed by atoms with Crippen LogP contribution in [0, 0.1) is 5.92 Å². The Kier molecular flexibility index (Phi) is 3.54. The molecule has 58 valence electrons. The molecule has 0 aromatic rings. The van der Waals surface area contributed by atoms with E-state index in [1.54, 1.807) is 13.3 Å². The molecule has 4 N–H and O–H groups in total. The molecule has 0 spiro atoms. The fourth-order valence-corrected chi connectivity index (χ4v) is 0.547. The lowest BCUT2D eigenvalue weighted by Crippen LogP contribution is -2.15. The number of nitrogens with zero attached hydrogens (tertiary/aromatic N) is 1. The first-order valence-electron chi connectivity index (χ1n) is 3.26. The van der Waals surface area contributed by atoms with Crippen LogP contribution in [-0.4, -0.2) is 13.3 Å². The molecule has 3 nitrogen and oxygen atoms in total. The van der Waals surface area contributed by atoms with Gasteiger partial charge < -0.3 is 11.5 Å². The van der Waals surface area contributed by atoms with E-state index < -0.39 is 0 Å². The van der Waals surface area contributed by atoms with Gasteiger partial charge in [0.2, 0.25) is 0 Å². The minimum Gasteiger partial charge on any atom is -0.400 e. The average Bonchev–Trinajstić information content (AvgIpc) is 1.87. The number of allylic oxidation sites excluding steroid dienone is 2. The highest BCUT2D eigenvalue weighted by molar-refractivity contribution is 5.78. The molecule has 0 fully saturated rings. The van der Waals surface area contributed by atoms with Crippen LogP contribution in [0.1, 0.15) is 13.8 Å². The molecule has 0 bridgehead atoms. The first-order chi connectivity index (χ1) is 4.59. The normalized spacial score (nSPS) is 14.4. The van der Waals surface area contributed by atoms with Crippen molar-refractivity contribution < 1.29 is 0 Å². The first kappa shape index (κ1) is 9.01. The van der Waals surface area contributed by atoms with Crippen molar-refractivity contribution in [3.05, 3.63) is 11.4 Å². The fourth-order valence-electron chi connectivity index (χ4n) is 0.547. The van der Waals surface area contributed by atoms with E-state index in [-0.39, 0.29) is 5.92 Å². The van der Waals surface area contributed by atoms with Crippen molar-refractivity contribution in [1.29, 1.82) is 0 Å². The Morgan fingerprint density at radius 2 is 1.90 bits per heavy atom. The molecule has 10 heavy (non-hydrogen) atoms. The van der Waals surface area contributed by atoms with E-state index in [0.29, 0.717) is 11.4 Å². The largest absolute Gasteiger partial charge is 0.400 e. The smallest absolute Gasteiger partial charge is 0.0688 e. The molecule has 0 aromatic carbocycles. The van der Waals surface area contributed by atoms with Gasteiger partial charge in [-0.1, -0.05) is 13.8 Å². The van der Waals surface area contributed by atoms with E-state index >= 15 is 0 Å². The lowest BCUT2D eigenvalue weighted by molar-refractivity contribution is 0.749. The third kappa shape index (κ3) is 2.53. The van der Waals surface area contributed by atoms with E-state index in [1.165, 1.54) is 0 Å². The molecule has 0 heterocycles. The summed E-state index contributed by atoms with van der Waals surface area (Å²) in [6.45, 7) is 3.98. The van der Waals surface area contributed by atoms with Gasteiger partial charge in [-0.05, 0) is 5.92 Å². The van der Waals surface area contributed by atoms with E-state index in [2.05, 4.69) is 4.99 Å². The van der Waals surface area contributed by atoms with Gasteiger partial charge in [-0.25, -0.2) is 0 Å². The summed E-state index contributed by atoms with van der Waals surface area (Å²) < 4.78 is 0. The highest BCUT2D eigenvalue weighted by Crippen LogP contribution is 2.02. The van der Waals surface area contributed by atoms with Crippen molar-refractivity contribution >= 4 is 6.21 Å². The third-order valence-electron chi connectivity index (χ3n) is 1.22. The van der Waals surface area contributed by atoms with Crippen molar-refractivity contribution in [2.45, 2.75) is 13.8 Å². The fraction of sp³-hybridized carbons (Fsp3) is 0.571. The van der Waals surface area contributed by atoms with Crippen LogP contribution in [0.15, 0.2) is 16.4 Å². The monoisotopic (exact) mass is 141 g/mol. The van der Waals surface area contributed by atoms with Gasteiger partial charge in [-0.15, -0.1) is 0 Å². The van der Waals surface area contributed by atoms with E-state index in [0.717, 1.165) is 0 Å². The third-order valence-corrected chi connectivity index (χ3v) is 1.22. The van der Waals surface area contributed by atoms with Gasteiger partial charge in [0.15, 0.2) is 0 Å². The number of rotatable bonds is 2. The Balaban J connectivity index is 4.34. The zero-order valence-corrected chi connectivity index (χ0v) is 6.76. The van der Waals surface area contributed by atoms with Crippen LogP contribution in [0.25, 0.3) is 0 Å². The molecule has 0 amide bonds. The van der Waals surface area contributed by atoms with Crippen molar-refractivity contribution in [2.24, 2.45) is 22.4 Å². The van der Waals surface area contributed by atoms with Crippen LogP contribution >= 0.6 is 0 Å². The van der Waals surface area contributed by atoms with Crippen molar-refractivity contribution in [3.8, 4) is 0 Å². The molecule has 0 aliphatic carbocycles. The first-order valence-corrected chi connectivity index (χ1v) is 3.26. The molecule has 0 saturated carbocycles. The second kappa shape index (κ2) is 3.93. The summed E-state index contributed by atoms with van der Waals surface area (Å²) in [5.74, 6) is 0.290. The Labute approximate surface area is 61.8 Å². The lowest BCUT2D eigenvalue weighted by atomic mass is 10.1. The van der Waals surface area contributed by atoms with E-state index in [9.17, 15) is 0 Å². The predicted octanol–water partition coefficient (Wildman–Crippen LogP) is 0.472. The maximum absolute atomic E-state index is 5.61. The van der Waals surface area contributed by atoms with E-state index in [1.807, 2.05) is 13.8 Å². The van der Waals surface area contributed by atoms with Gasteiger partial charge in [-0.3, -0.25) is 4.99 Å². The summed E-state index contributed by atoms with van der Waals surface area (Å²) in [7, 11) is 1.67. The van der Waals surface area contributed by atoms with Crippen LogP contribution in [0.2, 0.25) is 0 Å². The number of hydrogen-bond donors (Lipinski definition) is 2. The van der Waals surface area contributed by atoms with Gasteiger partial charge in [-0.2, -0.15) is 0 Å². The zero-order chi connectivity index (χ0) is 8.15. The van der Waals surface area contributed by atoms with Gasteiger partial charge in [0.25, 0.3) is 0 Å².